The molecule has 2 rings (SSSR count). The zero-order valence-electron chi connectivity index (χ0n) is 13.8. The molecule has 0 unspecified atom stereocenters. The molecular formula is C18H26N2. The molecule has 0 aliphatic carbocycles. The number of benzene rings is 1. The fourth-order valence-corrected chi connectivity index (χ4v) is 2.46. The lowest BCUT2D eigenvalue weighted by molar-refractivity contribution is 0.589. The molecule has 20 heavy (non-hydrogen) atoms. The monoisotopic (exact) mass is 270 g/mol. The second-order valence-corrected chi connectivity index (χ2v) is 7.61. The minimum atomic E-state index is 0.103. The van der Waals surface area contributed by atoms with Crippen LogP contribution >= 0.6 is 0 Å². The summed E-state index contributed by atoms with van der Waals surface area (Å²) in [6.07, 6.45) is 1.99. The average molecular weight is 270 g/mol. The Labute approximate surface area is 122 Å². The summed E-state index contributed by atoms with van der Waals surface area (Å²) >= 11 is 0. The molecule has 0 aliphatic heterocycles. The highest BCUT2D eigenvalue weighted by molar-refractivity contribution is 5.65. The quantitative estimate of drug-likeness (QED) is 0.735. The first-order chi connectivity index (χ1) is 9.10. The smallest absolute Gasteiger partial charge is 0.0716 e. The van der Waals surface area contributed by atoms with Gasteiger partial charge >= 0.3 is 0 Å². The summed E-state index contributed by atoms with van der Waals surface area (Å²) in [6, 6.07) is 8.89. The van der Waals surface area contributed by atoms with Crippen LogP contribution in [-0.2, 0) is 17.9 Å². The van der Waals surface area contributed by atoms with Crippen LogP contribution in [0.2, 0.25) is 0 Å². The average Bonchev–Trinajstić information content (AvgIpc) is 2.70. The summed E-state index contributed by atoms with van der Waals surface area (Å²) in [5.41, 5.74) is 5.41. The van der Waals surface area contributed by atoms with Gasteiger partial charge in [0.05, 0.1) is 11.9 Å². The maximum atomic E-state index is 4.45. The second-order valence-electron chi connectivity index (χ2n) is 7.61. The molecule has 2 heteroatoms. The van der Waals surface area contributed by atoms with Crippen LogP contribution in [0.3, 0.4) is 0 Å². The van der Waals surface area contributed by atoms with Crippen LogP contribution < -0.4 is 0 Å². The van der Waals surface area contributed by atoms with Gasteiger partial charge in [0.25, 0.3) is 0 Å². The molecule has 0 bridgehead atoms. The minimum absolute atomic E-state index is 0.103. The molecule has 0 aliphatic rings. The summed E-state index contributed by atoms with van der Waals surface area (Å²) in [5, 5.41) is 4.45. The Morgan fingerprint density at radius 1 is 0.850 bits per heavy atom. The predicted molar refractivity (Wildman–Crippen MR) is 86.0 cm³/mol. The lowest BCUT2D eigenvalue weighted by Gasteiger charge is -2.21. The molecule has 1 heterocycles. The van der Waals surface area contributed by atoms with Crippen molar-refractivity contribution in [1.82, 2.24) is 9.78 Å². The van der Waals surface area contributed by atoms with E-state index in [-0.39, 0.29) is 10.8 Å². The summed E-state index contributed by atoms with van der Waals surface area (Å²) in [6.45, 7) is 13.4. The van der Waals surface area contributed by atoms with Gasteiger partial charge in [-0.15, -0.1) is 0 Å². The van der Waals surface area contributed by atoms with E-state index < -0.39 is 0 Å². The molecule has 0 fully saturated rings. The molecule has 0 spiro atoms. The van der Waals surface area contributed by atoms with Crippen LogP contribution in [0.5, 0.6) is 0 Å². The third-order valence-corrected chi connectivity index (χ3v) is 3.77. The van der Waals surface area contributed by atoms with Gasteiger partial charge in [-0.3, -0.25) is 4.68 Å². The second kappa shape index (κ2) is 4.76. The molecule has 108 valence electrons. The van der Waals surface area contributed by atoms with E-state index in [1.807, 2.05) is 17.9 Å². The summed E-state index contributed by atoms with van der Waals surface area (Å²) in [4.78, 5) is 0. The van der Waals surface area contributed by atoms with Gasteiger partial charge in [-0.25, -0.2) is 0 Å². The SMILES string of the molecule is Cn1ncc(C(C)(C)C)c1-c1ccc(C(C)(C)C)cc1. The first-order valence-corrected chi connectivity index (χ1v) is 7.24. The van der Waals surface area contributed by atoms with Gasteiger partial charge < -0.3 is 0 Å². The Balaban J connectivity index is 2.50. The topological polar surface area (TPSA) is 17.8 Å². The maximum Gasteiger partial charge on any atom is 0.0716 e. The van der Waals surface area contributed by atoms with E-state index in [0.717, 1.165) is 0 Å². The van der Waals surface area contributed by atoms with E-state index in [2.05, 4.69) is 70.9 Å². The lowest BCUT2D eigenvalue weighted by atomic mass is 9.84. The van der Waals surface area contributed by atoms with Gasteiger partial charge in [0.1, 0.15) is 0 Å². The van der Waals surface area contributed by atoms with Crippen molar-refractivity contribution in [1.29, 1.82) is 0 Å². The zero-order valence-corrected chi connectivity index (χ0v) is 13.8. The third kappa shape index (κ3) is 2.79. The molecule has 0 atom stereocenters. The molecule has 2 nitrogen and oxygen atoms in total. The highest BCUT2D eigenvalue weighted by atomic mass is 15.3. The predicted octanol–water partition coefficient (Wildman–Crippen LogP) is 4.68. The van der Waals surface area contributed by atoms with Gasteiger partial charge in [-0.05, 0) is 16.4 Å². The van der Waals surface area contributed by atoms with E-state index in [9.17, 15) is 0 Å². The van der Waals surface area contributed by atoms with Crippen molar-refractivity contribution in [3.63, 3.8) is 0 Å². The van der Waals surface area contributed by atoms with Crippen LogP contribution in [-0.4, -0.2) is 9.78 Å². The Kier molecular flexibility index (Phi) is 3.53. The normalized spacial score (nSPS) is 12.8. The molecule has 1 aromatic heterocycles. The Morgan fingerprint density at radius 3 is 1.85 bits per heavy atom. The number of hydrogen-bond acceptors (Lipinski definition) is 1. The number of aryl methyl sites for hydroxylation is 1. The van der Waals surface area contributed by atoms with Gasteiger partial charge in [-0.2, -0.15) is 5.10 Å². The van der Waals surface area contributed by atoms with Crippen molar-refractivity contribution in [2.75, 3.05) is 0 Å². The Morgan fingerprint density at radius 2 is 1.40 bits per heavy atom. The standard InChI is InChI=1S/C18H26N2/c1-17(2,3)14-10-8-13(9-11-14)16-15(18(4,5)6)12-19-20(16)7/h8-12H,1-7H3. The van der Waals surface area contributed by atoms with Gasteiger partial charge in [0.2, 0.25) is 0 Å². The van der Waals surface area contributed by atoms with Crippen LogP contribution in [0.25, 0.3) is 11.3 Å². The van der Waals surface area contributed by atoms with E-state index in [1.165, 1.54) is 22.4 Å². The zero-order chi connectivity index (χ0) is 15.1. The third-order valence-electron chi connectivity index (χ3n) is 3.77. The van der Waals surface area contributed by atoms with Crippen LogP contribution in [0.1, 0.15) is 52.7 Å². The summed E-state index contributed by atoms with van der Waals surface area (Å²) in [7, 11) is 2.02. The molecule has 0 saturated carbocycles. The molecule has 0 saturated heterocycles. The van der Waals surface area contributed by atoms with Crippen molar-refractivity contribution < 1.29 is 0 Å². The molecule has 0 radical (unpaired) electrons. The number of aromatic nitrogens is 2. The van der Waals surface area contributed by atoms with Crippen LogP contribution in [0, 0.1) is 0 Å². The first-order valence-electron chi connectivity index (χ1n) is 7.24. The fraction of sp³-hybridized carbons (Fsp3) is 0.500. The Hall–Kier alpha value is -1.57. The van der Waals surface area contributed by atoms with Crippen LogP contribution in [0.4, 0.5) is 0 Å². The van der Waals surface area contributed by atoms with Gasteiger partial charge in [0.15, 0.2) is 0 Å². The van der Waals surface area contributed by atoms with Crippen molar-refractivity contribution in [2.45, 2.75) is 52.4 Å². The lowest BCUT2D eigenvalue weighted by Crippen LogP contribution is -2.13. The Bertz CT molecular complexity index is 590. The van der Waals surface area contributed by atoms with Crippen molar-refractivity contribution in [2.24, 2.45) is 7.05 Å². The van der Waals surface area contributed by atoms with Crippen LogP contribution in [0.15, 0.2) is 30.5 Å². The first kappa shape index (κ1) is 14.8. The molecule has 1 aromatic carbocycles. The molecular weight excluding hydrogens is 244 g/mol. The largest absolute Gasteiger partial charge is 0.268 e. The van der Waals surface area contributed by atoms with Crippen molar-refractivity contribution in [3.8, 4) is 11.3 Å². The maximum absolute atomic E-state index is 4.45. The highest BCUT2D eigenvalue weighted by Crippen LogP contribution is 2.33. The number of nitrogens with zero attached hydrogens (tertiary/aromatic N) is 2. The van der Waals surface area contributed by atoms with E-state index in [1.54, 1.807) is 0 Å². The molecule has 0 amide bonds. The van der Waals surface area contributed by atoms with Gasteiger partial charge in [0, 0.05) is 18.2 Å². The van der Waals surface area contributed by atoms with Crippen molar-refractivity contribution in [3.05, 3.63) is 41.6 Å². The van der Waals surface area contributed by atoms with E-state index >= 15 is 0 Å². The summed E-state index contributed by atoms with van der Waals surface area (Å²) < 4.78 is 1.98. The van der Waals surface area contributed by atoms with Crippen molar-refractivity contribution >= 4 is 0 Å². The molecule has 0 N–H and O–H groups in total. The number of rotatable bonds is 1. The van der Waals surface area contributed by atoms with Gasteiger partial charge in [-0.1, -0.05) is 65.8 Å². The minimum Gasteiger partial charge on any atom is -0.268 e. The highest BCUT2D eigenvalue weighted by Gasteiger charge is 2.22. The molecule has 2 aromatic rings. The van der Waals surface area contributed by atoms with E-state index in [0.29, 0.717) is 0 Å². The fourth-order valence-electron chi connectivity index (χ4n) is 2.46. The van der Waals surface area contributed by atoms with E-state index in [4.69, 9.17) is 0 Å². The number of hydrogen-bond donors (Lipinski definition) is 0. The summed E-state index contributed by atoms with van der Waals surface area (Å²) in [5.74, 6) is 0.